The van der Waals surface area contributed by atoms with Crippen molar-refractivity contribution in [2.45, 2.75) is 58.5 Å². The van der Waals surface area contributed by atoms with Gasteiger partial charge in [0.15, 0.2) is 0 Å². The molecule has 2 rings (SSSR count). The number of hydrogen-bond donors (Lipinski definition) is 1. The van der Waals surface area contributed by atoms with Crippen LogP contribution in [0.2, 0.25) is 0 Å². The molecule has 1 aliphatic carbocycles. The zero-order chi connectivity index (χ0) is 14.0. The highest BCUT2D eigenvalue weighted by Crippen LogP contribution is 2.34. The fourth-order valence-electron chi connectivity index (χ4n) is 3.37. The predicted molar refractivity (Wildman–Crippen MR) is 78.9 cm³/mol. The molecular weight excluding hydrogens is 236 g/mol. The van der Waals surface area contributed by atoms with Gasteiger partial charge in [-0.05, 0) is 51.9 Å². The molecule has 1 amide bonds. The number of hydrogen-bond acceptors (Lipinski definition) is 2. The van der Waals surface area contributed by atoms with Crippen molar-refractivity contribution in [2.75, 3.05) is 13.1 Å². The molecule has 0 aromatic carbocycles. The van der Waals surface area contributed by atoms with E-state index in [1.807, 2.05) is 20.8 Å². The first-order chi connectivity index (χ1) is 8.90. The largest absolute Gasteiger partial charge is 0.350 e. The third-order valence-electron chi connectivity index (χ3n) is 4.28. The number of amides is 1. The standard InChI is InChI=1S/C16H28N2O/c1-5-14(15(19)17-16(2,3)4)18-10-12-8-6-7-9-13(12)11-18/h6-7,12-14H,5,8-11H2,1-4H3,(H,17,19)/t12-,13+,14?. The lowest BCUT2D eigenvalue weighted by molar-refractivity contribution is -0.127. The van der Waals surface area contributed by atoms with E-state index >= 15 is 0 Å². The maximum atomic E-state index is 12.4. The fourth-order valence-corrected chi connectivity index (χ4v) is 3.37. The molecule has 1 N–H and O–H groups in total. The number of fused-ring (bicyclic) bond motifs is 1. The van der Waals surface area contributed by atoms with Crippen LogP contribution in [0, 0.1) is 11.8 Å². The number of nitrogens with one attached hydrogen (secondary N) is 1. The molecule has 0 bridgehead atoms. The summed E-state index contributed by atoms with van der Waals surface area (Å²) in [5.41, 5.74) is -0.140. The average molecular weight is 264 g/mol. The molecule has 0 spiro atoms. The lowest BCUT2D eigenvalue weighted by atomic mass is 9.86. The smallest absolute Gasteiger partial charge is 0.237 e. The van der Waals surface area contributed by atoms with Crippen molar-refractivity contribution in [1.29, 1.82) is 0 Å². The van der Waals surface area contributed by atoms with E-state index in [2.05, 4.69) is 29.3 Å². The topological polar surface area (TPSA) is 32.3 Å². The minimum Gasteiger partial charge on any atom is -0.350 e. The number of nitrogens with zero attached hydrogens (tertiary/aromatic N) is 1. The summed E-state index contributed by atoms with van der Waals surface area (Å²) in [7, 11) is 0. The molecule has 0 aromatic heterocycles. The maximum Gasteiger partial charge on any atom is 0.237 e. The van der Waals surface area contributed by atoms with Crippen LogP contribution in [0.1, 0.15) is 47.0 Å². The van der Waals surface area contributed by atoms with E-state index in [-0.39, 0.29) is 17.5 Å². The van der Waals surface area contributed by atoms with Gasteiger partial charge in [0.05, 0.1) is 6.04 Å². The Morgan fingerprint density at radius 3 is 2.21 bits per heavy atom. The minimum absolute atomic E-state index is 0.0461. The molecule has 0 aromatic rings. The Hall–Kier alpha value is -0.830. The van der Waals surface area contributed by atoms with Gasteiger partial charge in [0.25, 0.3) is 0 Å². The number of likely N-dealkylation sites (tertiary alicyclic amines) is 1. The first-order valence-electron chi connectivity index (χ1n) is 7.61. The predicted octanol–water partition coefficient (Wildman–Crippen LogP) is 2.58. The van der Waals surface area contributed by atoms with E-state index < -0.39 is 0 Å². The zero-order valence-corrected chi connectivity index (χ0v) is 12.8. The molecule has 1 aliphatic heterocycles. The second-order valence-corrected chi connectivity index (χ2v) is 7.08. The van der Waals surface area contributed by atoms with E-state index in [0.29, 0.717) is 0 Å². The van der Waals surface area contributed by atoms with Crippen molar-refractivity contribution in [3.05, 3.63) is 12.2 Å². The van der Waals surface area contributed by atoms with Gasteiger partial charge in [-0.15, -0.1) is 0 Å². The van der Waals surface area contributed by atoms with E-state index in [1.54, 1.807) is 0 Å². The van der Waals surface area contributed by atoms with Crippen LogP contribution >= 0.6 is 0 Å². The third kappa shape index (κ3) is 3.59. The Bertz CT molecular complexity index is 340. The van der Waals surface area contributed by atoms with Crippen LogP contribution in [-0.2, 0) is 4.79 Å². The Morgan fingerprint density at radius 1 is 1.26 bits per heavy atom. The lowest BCUT2D eigenvalue weighted by Crippen LogP contribution is -2.51. The van der Waals surface area contributed by atoms with Crippen LogP contribution in [-0.4, -0.2) is 35.5 Å². The lowest BCUT2D eigenvalue weighted by Gasteiger charge is -2.30. The molecule has 1 saturated heterocycles. The van der Waals surface area contributed by atoms with E-state index in [9.17, 15) is 4.79 Å². The van der Waals surface area contributed by atoms with Crippen molar-refractivity contribution >= 4 is 5.91 Å². The molecule has 3 atom stereocenters. The summed E-state index contributed by atoms with van der Waals surface area (Å²) >= 11 is 0. The molecule has 3 heteroatoms. The zero-order valence-electron chi connectivity index (χ0n) is 12.8. The number of rotatable bonds is 3. The van der Waals surface area contributed by atoms with Gasteiger partial charge in [-0.3, -0.25) is 9.69 Å². The first kappa shape index (κ1) is 14.6. The summed E-state index contributed by atoms with van der Waals surface area (Å²) in [6.07, 6.45) is 7.90. The number of carbonyl (C=O) groups is 1. The van der Waals surface area contributed by atoms with Crippen LogP contribution in [0.4, 0.5) is 0 Å². The highest BCUT2D eigenvalue weighted by atomic mass is 16.2. The second kappa shape index (κ2) is 5.66. The Morgan fingerprint density at radius 2 is 1.79 bits per heavy atom. The Balaban J connectivity index is 1.97. The van der Waals surface area contributed by atoms with E-state index in [4.69, 9.17) is 0 Å². The summed E-state index contributed by atoms with van der Waals surface area (Å²) in [6, 6.07) is 0.0461. The van der Waals surface area contributed by atoms with Crippen LogP contribution < -0.4 is 5.32 Å². The van der Waals surface area contributed by atoms with Crippen molar-refractivity contribution in [1.82, 2.24) is 10.2 Å². The molecule has 1 heterocycles. The Labute approximate surface area is 117 Å². The summed E-state index contributed by atoms with van der Waals surface area (Å²) in [5, 5.41) is 3.13. The second-order valence-electron chi connectivity index (χ2n) is 7.08. The molecule has 19 heavy (non-hydrogen) atoms. The number of carbonyl (C=O) groups excluding carboxylic acids is 1. The quantitative estimate of drug-likeness (QED) is 0.795. The maximum absolute atomic E-state index is 12.4. The molecule has 108 valence electrons. The van der Waals surface area contributed by atoms with Crippen molar-refractivity contribution < 1.29 is 4.79 Å². The van der Waals surface area contributed by atoms with Crippen molar-refractivity contribution in [3.63, 3.8) is 0 Å². The van der Waals surface area contributed by atoms with Crippen molar-refractivity contribution in [3.8, 4) is 0 Å². The van der Waals surface area contributed by atoms with Crippen LogP contribution in [0.3, 0.4) is 0 Å². The summed E-state index contributed by atoms with van der Waals surface area (Å²) in [6.45, 7) is 10.4. The first-order valence-corrected chi connectivity index (χ1v) is 7.61. The molecule has 1 fully saturated rings. The molecule has 1 unspecified atom stereocenters. The monoisotopic (exact) mass is 264 g/mol. The fraction of sp³-hybridized carbons (Fsp3) is 0.812. The van der Waals surface area contributed by atoms with Gasteiger partial charge in [0.2, 0.25) is 5.91 Å². The van der Waals surface area contributed by atoms with Gasteiger partial charge < -0.3 is 5.32 Å². The molecule has 0 radical (unpaired) electrons. The summed E-state index contributed by atoms with van der Waals surface area (Å²) < 4.78 is 0. The van der Waals surface area contributed by atoms with Gasteiger partial charge in [-0.25, -0.2) is 0 Å². The third-order valence-corrected chi connectivity index (χ3v) is 4.28. The van der Waals surface area contributed by atoms with Gasteiger partial charge in [-0.1, -0.05) is 19.1 Å². The van der Waals surface area contributed by atoms with Gasteiger partial charge in [0.1, 0.15) is 0 Å². The minimum atomic E-state index is -0.140. The summed E-state index contributed by atoms with van der Waals surface area (Å²) in [5.74, 6) is 1.73. The van der Waals surface area contributed by atoms with Gasteiger partial charge >= 0.3 is 0 Å². The van der Waals surface area contributed by atoms with Gasteiger partial charge in [-0.2, -0.15) is 0 Å². The molecule has 3 nitrogen and oxygen atoms in total. The number of allylic oxidation sites excluding steroid dienone is 2. The Kier molecular flexibility index (Phi) is 4.34. The average Bonchev–Trinajstić information content (AvgIpc) is 2.70. The summed E-state index contributed by atoms with van der Waals surface area (Å²) in [4.78, 5) is 14.8. The van der Waals surface area contributed by atoms with Crippen LogP contribution in [0.15, 0.2) is 12.2 Å². The van der Waals surface area contributed by atoms with Gasteiger partial charge in [0, 0.05) is 18.6 Å². The highest BCUT2D eigenvalue weighted by Gasteiger charge is 2.38. The van der Waals surface area contributed by atoms with Crippen LogP contribution in [0.25, 0.3) is 0 Å². The van der Waals surface area contributed by atoms with Crippen molar-refractivity contribution in [2.24, 2.45) is 11.8 Å². The molecule has 0 saturated carbocycles. The van der Waals surface area contributed by atoms with Crippen LogP contribution in [0.5, 0.6) is 0 Å². The SMILES string of the molecule is CCC(C(=O)NC(C)(C)C)N1C[C@H]2CC=CC[C@H]2C1. The highest BCUT2D eigenvalue weighted by molar-refractivity contribution is 5.82. The van der Waals surface area contributed by atoms with E-state index in [1.165, 1.54) is 12.8 Å². The molecular formula is C16H28N2O. The molecule has 2 aliphatic rings. The van der Waals surface area contributed by atoms with E-state index in [0.717, 1.165) is 31.3 Å². The normalized spacial score (nSPS) is 29.1.